The molecule has 5 aromatic carbocycles. The van der Waals surface area contributed by atoms with E-state index >= 15 is 0 Å². The fourth-order valence-electron chi connectivity index (χ4n) is 4.99. The number of benzene rings is 5. The number of rotatable bonds is 10. The summed E-state index contributed by atoms with van der Waals surface area (Å²) >= 11 is 0. The summed E-state index contributed by atoms with van der Waals surface area (Å²) in [6, 6.07) is 41.7. The third kappa shape index (κ3) is 7.05. The van der Waals surface area contributed by atoms with Gasteiger partial charge in [-0.25, -0.2) is 0 Å². The molecule has 0 unspecified atom stereocenters. The summed E-state index contributed by atoms with van der Waals surface area (Å²) in [6.45, 7) is 7.69. The van der Waals surface area contributed by atoms with Crippen LogP contribution < -0.4 is 9.80 Å². The van der Waals surface area contributed by atoms with Gasteiger partial charge in [-0.05, 0) is 149 Å². The van der Waals surface area contributed by atoms with Crippen LogP contribution in [0.15, 0.2) is 141 Å². The van der Waals surface area contributed by atoms with Crippen molar-refractivity contribution in [2.75, 3.05) is 9.80 Å². The molecule has 0 saturated heterocycles. The van der Waals surface area contributed by atoms with Crippen molar-refractivity contribution < 1.29 is 0 Å². The van der Waals surface area contributed by atoms with E-state index < -0.39 is 0 Å². The molecule has 44 heavy (non-hydrogen) atoms. The van der Waals surface area contributed by atoms with E-state index in [1.807, 2.05) is 76.2 Å². The monoisotopic (exact) mass is 576 g/mol. The maximum absolute atomic E-state index is 4.42. The summed E-state index contributed by atoms with van der Waals surface area (Å²) in [5, 5.41) is 0. The Bertz CT molecular complexity index is 1500. The fraction of sp³-hybridized carbons (Fsp3) is 0.105. The second-order valence-electron chi connectivity index (χ2n) is 9.80. The van der Waals surface area contributed by atoms with Gasteiger partial charge in [0.05, 0.1) is 22.7 Å². The van der Waals surface area contributed by atoms with Gasteiger partial charge in [-0.15, -0.1) is 0 Å². The summed E-state index contributed by atoms with van der Waals surface area (Å²) in [7, 11) is 0. The first-order valence-electron chi connectivity index (χ1n) is 14.7. The molecule has 0 atom stereocenters. The normalized spacial score (nSPS) is 11.7. The van der Waals surface area contributed by atoms with Crippen molar-refractivity contribution in [2.45, 2.75) is 27.7 Å². The topological polar surface area (TPSA) is 55.9 Å². The Kier molecular flexibility index (Phi) is 9.85. The van der Waals surface area contributed by atoms with Crippen LogP contribution in [-0.4, -0.2) is 24.9 Å². The number of nitrogens with zero attached hydrogens (tertiary/aromatic N) is 6. The molecule has 0 aliphatic carbocycles. The first-order valence-corrected chi connectivity index (χ1v) is 14.7. The average molecular weight is 577 g/mol. The lowest BCUT2D eigenvalue weighted by atomic mass is 10.1. The number of hydrogen-bond acceptors (Lipinski definition) is 6. The molecule has 0 fully saturated rings. The molecule has 218 valence electrons. The second kappa shape index (κ2) is 14.5. The van der Waals surface area contributed by atoms with E-state index in [9.17, 15) is 0 Å². The Morgan fingerprint density at radius 2 is 0.455 bits per heavy atom. The van der Waals surface area contributed by atoms with Crippen LogP contribution in [0.3, 0.4) is 0 Å². The van der Waals surface area contributed by atoms with Gasteiger partial charge in [-0.3, -0.25) is 20.0 Å². The standard InChI is InChI=1S/C38H36N6/c1-5-39-29-9-17-33(18-10-29)43(34-19-11-30(12-20-34)40-6-2)37-25-27-38(28-26-37)44(35-21-13-31(14-22-35)41-7-3)36-23-15-32(16-24-36)42-8-4/h5-28H,1-4H3/b39-5+,40-6+,41-7+,42-8+. The maximum Gasteiger partial charge on any atom is 0.0627 e. The van der Waals surface area contributed by atoms with Gasteiger partial charge in [0.15, 0.2) is 0 Å². The van der Waals surface area contributed by atoms with Gasteiger partial charge in [0, 0.05) is 59.0 Å². The lowest BCUT2D eigenvalue weighted by Gasteiger charge is -2.28. The van der Waals surface area contributed by atoms with Crippen LogP contribution >= 0.6 is 0 Å². The Hall–Kier alpha value is -5.62. The molecule has 0 radical (unpaired) electrons. The fourth-order valence-corrected chi connectivity index (χ4v) is 4.99. The molecular weight excluding hydrogens is 540 g/mol. The summed E-state index contributed by atoms with van der Waals surface area (Å²) in [5.74, 6) is 0. The van der Waals surface area contributed by atoms with E-state index in [2.05, 4.69) is 103 Å². The van der Waals surface area contributed by atoms with Gasteiger partial charge in [0.2, 0.25) is 0 Å². The molecule has 0 aliphatic heterocycles. The second-order valence-corrected chi connectivity index (χ2v) is 9.80. The minimum Gasteiger partial charge on any atom is -0.310 e. The van der Waals surface area contributed by atoms with Crippen LogP contribution in [0, 0.1) is 0 Å². The Labute approximate surface area is 260 Å². The zero-order chi connectivity index (χ0) is 30.7. The zero-order valence-corrected chi connectivity index (χ0v) is 25.5. The first kappa shape index (κ1) is 29.9. The predicted molar refractivity (Wildman–Crippen MR) is 191 cm³/mol. The minimum atomic E-state index is 0.918. The molecule has 5 aromatic rings. The molecule has 0 spiro atoms. The highest BCUT2D eigenvalue weighted by Crippen LogP contribution is 2.40. The maximum atomic E-state index is 4.42. The molecular formula is C38H36N6. The van der Waals surface area contributed by atoms with Crippen LogP contribution in [-0.2, 0) is 0 Å². The Morgan fingerprint density at radius 3 is 0.614 bits per heavy atom. The SMILES string of the molecule is C/C=N/c1ccc(N(c2ccc(/N=C/C)cc2)c2ccc(N(c3ccc(/N=C/C)cc3)c3ccc(/N=C/C)cc3)cc2)cc1. The average Bonchev–Trinajstić information content (AvgIpc) is 3.06. The molecule has 0 aromatic heterocycles. The lowest BCUT2D eigenvalue weighted by molar-refractivity contribution is 1.25. The Balaban J connectivity index is 1.56. The van der Waals surface area contributed by atoms with Gasteiger partial charge in [0.25, 0.3) is 0 Å². The Morgan fingerprint density at radius 1 is 0.295 bits per heavy atom. The van der Waals surface area contributed by atoms with E-state index in [0.717, 1.165) is 56.9 Å². The van der Waals surface area contributed by atoms with E-state index in [1.54, 1.807) is 24.9 Å². The van der Waals surface area contributed by atoms with Gasteiger partial charge >= 0.3 is 0 Å². The number of aliphatic imine (C=N–C) groups is 4. The van der Waals surface area contributed by atoms with E-state index in [1.165, 1.54) is 0 Å². The van der Waals surface area contributed by atoms with Crippen molar-refractivity contribution in [2.24, 2.45) is 20.0 Å². The molecule has 0 amide bonds. The molecule has 0 heterocycles. The smallest absolute Gasteiger partial charge is 0.0627 e. The molecule has 0 bridgehead atoms. The minimum absolute atomic E-state index is 0.918. The van der Waals surface area contributed by atoms with Crippen LogP contribution in [0.25, 0.3) is 0 Å². The van der Waals surface area contributed by atoms with Crippen LogP contribution in [0.5, 0.6) is 0 Å². The molecule has 0 saturated carbocycles. The zero-order valence-electron chi connectivity index (χ0n) is 25.5. The quantitative estimate of drug-likeness (QED) is 0.155. The van der Waals surface area contributed by atoms with Gasteiger partial charge in [-0.2, -0.15) is 0 Å². The van der Waals surface area contributed by atoms with E-state index in [0.29, 0.717) is 0 Å². The number of hydrogen-bond donors (Lipinski definition) is 0. The van der Waals surface area contributed by atoms with Gasteiger partial charge in [-0.1, -0.05) is 0 Å². The van der Waals surface area contributed by atoms with Gasteiger partial charge in [0.1, 0.15) is 0 Å². The van der Waals surface area contributed by atoms with Crippen molar-refractivity contribution in [3.05, 3.63) is 121 Å². The van der Waals surface area contributed by atoms with Crippen molar-refractivity contribution >= 4 is 81.7 Å². The summed E-state index contributed by atoms with van der Waals surface area (Å²) < 4.78 is 0. The van der Waals surface area contributed by atoms with Crippen LogP contribution in [0.2, 0.25) is 0 Å². The highest BCUT2D eigenvalue weighted by molar-refractivity contribution is 5.82. The van der Waals surface area contributed by atoms with Crippen molar-refractivity contribution in [1.29, 1.82) is 0 Å². The molecule has 0 aliphatic rings. The van der Waals surface area contributed by atoms with Gasteiger partial charge < -0.3 is 9.80 Å². The van der Waals surface area contributed by atoms with Crippen LogP contribution in [0.1, 0.15) is 27.7 Å². The highest BCUT2D eigenvalue weighted by Gasteiger charge is 2.16. The summed E-state index contributed by atoms with van der Waals surface area (Å²) in [5.41, 5.74) is 9.89. The molecule has 5 rings (SSSR count). The summed E-state index contributed by atoms with van der Waals surface area (Å²) in [6.07, 6.45) is 7.22. The largest absolute Gasteiger partial charge is 0.310 e. The molecule has 0 N–H and O–H groups in total. The van der Waals surface area contributed by atoms with Crippen LogP contribution in [0.4, 0.5) is 56.9 Å². The lowest BCUT2D eigenvalue weighted by Crippen LogP contribution is -2.12. The summed E-state index contributed by atoms with van der Waals surface area (Å²) in [4.78, 5) is 22.2. The van der Waals surface area contributed by atoms with E-state index in [-0.39, 0.29) is 0 Å². The predicted octanol–water partition coefficient (Wildman–Crippen LogP) is 11.5. The number of anilines is 6. The van der Waals surface area contributed by atoms with E-state index in [4.69, 9.17) is 0 Å². The first-order chi connectivity index (χ1) is 21.6. The third-order valence-electron chi connectivity index (χ3n) is 6.91. The highest BCUT2D eigenvalue weighted by atomic mass is 15.2. The molecule has 6 heteroatoms. The molecule has 6 nitrogen and oxygen atoms in total. The van der Waals surface area contributed by atoms with Crippen molar-refractivity contribution in [1.82, 2.24) is 0 Å². The van der Waals surface area contributed by atoms with Crippen molar-refractivity contribution in [3.63, 3.8) is 0 Å². The van der Waals surface area contributed by atoms with Crippen molar-refractivity contribution in [3.8, 4) is 0 Å². The third-order valence-corrected chi connectivity index (χ3v) is 6.91.